The molecular formula is C22H19NO5. The summed E-state index contributed by atoms with van der Waals surface area (Å²) in [5.41, 5.74) is 1.16. The van der Waals surface area contributed by atoms with Gasteiger partial charge in [-0.2, -0.15) is 0 Å². The van der Waals surface area contributed by atoms with E-state index in [4.69, 9.17) is 4.74 Å². The van der Waals surface area contributed by atoms with Crippen LogP contribution in [-0.2, 0) is 11.2 Å². The molecule has 0 radical (unpaired) electrons. The van der Waals surface area contributed by atoms with Gasteiger partial charge in [0.25, 0.3) is 5.91 Å². The second-order valence-electron chi connectivity index (χ2n) is 6.17. The zero-order valence-corrected chi connectivity index (χ0v) is 14.9. The van der Waals surface area contributed by atoms with Crippen molar-refractivity contribution in [2.45, 2.75) is 12.5 Å². The predicted molar refractivity (Wildman–Crippen MR) is 104 cm³/mol. The van der Waals surface area contributed by atoms with Gasteiger partial charge < -0.3 is 20.3 Å². The molecule has 0 heterocycles. The summed E-state index contributed by atoms with van der Waals surface area (Å²) in [6, 6.07) is 20.7. The van der Waals surface area contributed by atoms with Crippen LogP contribution in [0.15, 0.2) is 78.9 Å². The van der Waals surface area contributed by atoms with E-state index in [1.54, 1.807) is 66.7 Å². The number of carbonyl (C=O) groups is 2. The van der Waals surface area contributed by atoms with Crippen LogP contribution < -0.4 is 10.1 Å². The maximum absolute atomic E-state index is 12.2. The van der Waals surface area contributed by atoms with Gasteiger partial charge in [-0.05, 0) is 54.1 Å². The van der Waals surface area contributed by atoms with Crippen molar-refractivity contribution in [1.29, 1.82) is 0 Å². The van der Waals surface area contributed by atoms with E-state index in [2.05, 4.69) is 5.32 Å². The number of rotatable bonds is 7. The number of benzene rings is 3. The minimum Gasteiger partial charge on any atom is -0.508 e. The van der Waals surface area contributed by atoms with E-state index in [0.29, 0.717) is 17.1 Å². The third-order valence-corrected chi connectivity index (χ3v) is 4.08. The van der Waals surface area contributed by atoms with E-state index in [1.807, 2.05) is 0 Å². The van der Waals surface area contributed by atoms with Crippen molar-refractivity contribution in [3.63, 3.8) is 0 Å². The van der Waals surface area contributed by atoms with Gasteiger partial charge in [-0.1, -0.05) is 30.3 Å². The number of carboxylic acids is 1. The van der Waals surface area contributed by atoms with E-state index in [0.717, 1.165) is 5.56 Å². The minimum atomic E-state index is -1.10. The Morgan fingerprint density at radius 3 is 2.00 bits per heavy atom. The Balaban J connectivity index is 1.64. The number of amides is 1. The lowest BCUT2D eigenvalue weighted by Gasteiger charge is -2.15. The van der Waals surface area contributed by atoms with Gasteiger partial charge in [0, 0.05) is 12.0 Å². The molecule has 0 saturated heterocycles. The average Bonchev–Trinajstić information content (AvgIpc) is 2.71. The van der Waals surface area contributed by atoms with Gasteiger partial charge in [-0.15, -0.1) is 0 Å². The number of aliphatic carboxylic acids is 1. The Morgan fingerprint density at radius 1 is 0.857 bits per heavy atom. The van der Waals surface area contributed by atoms with E-state index >= 15 is 0 Å². The standard InChI is InChI=1S/C22H19NO5/c24-17-8-12-19(13-9-17)28-18-10-6-15(7-11-18)14-20(22(26)27)23-21(25)16-4-2-1-3-5-16/h1-13,20,24H,14H2,(H,23,25)(H,26,27)/t20-/m0/s1. The normalized spacial score (nSPS) is 11.4. The van der Waals surface area contributed by atoms with Crippen molar-refractivity contribution in [2.24, 2.45) is 0 Å². The molecule has 0 saturated carbocycles. The van der Waals surface area contributed by atoms with Crippen molar-refractivity contribution in [3.05, 3.63) is 90.0 Å². The molecule has 3 N–H and O–H groups in total. The lowest BCUT2D eigenvalue weighted by molar-refractivity contribution is -0.139. The fourth-order valence-electron chi connectivity index (χ4n) is 2.61. The number of phenols is 1. The summed E-state index contributed by atoms with van der Waals surface area (Å²) >= 11 is 0. The van der Waals surface area contributed by atoms with Gasteiger partial charge in [-0.3, -0.25) is 4.79 Å². The number of ether oxygens (including phenoxy) is 1. The zero-order chi connectivity index (χ0) is 19.9. The molecule has 3 aromatic carbocycles. The molecule has 0 aliphatic rings. The molecule has 0 fully saturated rings. The zero-order valence-electron chi connectivity index (χ0n) is 14.9. The Labute approximate surface area is 162 Å². The van der Waals surface area contributed by atoms with Crippen LogP contribution in [0.4, 0.5) is 0 Å². The molecule has 3 aromatic rings. The van der Waals surface area contributed by atoms with Crippen molar-refractivity contribution < 1.29 is 24.5 Å². The Bertz CT molecular complexity index is 937. The number of carboxylic acid groups (broad SMARTS) is 1. The summed E-state index contributed by atoms with van der Waals surface area (Å²) in [7, 11) is 0. The molecule has 6 nitrogen and oxygen atoms in total. The molecule has 1 amide bonds. The van der Waals surface area contributed by atoms with Crippen LogP contribution in [0.25, 0.3) is 0 Å². The van der Waals surface area contributed by atoms with E-state index in [-0.39, 0.29) is 12.2 Å². The van der Waals surface area contributed by atoms with E-state index in [9.17, 15) is 19.8 Å². The number of carbonyl (C=O) groups excluding carboxylic acids is 1. The number of nitrogens with one attached hydrogen (secondary N) is 1. The minimum absolute atomic E-state index is 0.146. The van der Waals surface area contributed by atoms with Gasteiger partial charge in [0.2, 0.25) is 0 Å². The topological polar surface area (TPSA) is 95.9 Å². The summed E-state index contributed by atoms with van der Waals surface area (Å²) in [5.74, 6) is -0.229. The number of aromatic hydroxyl groups is 1. The molecule has 0 unspecified atom stereocenters. The molecule has 1 atom stereocenters. The van der Waals surface area contributed by atoms with Crippen LogP contribution in [0.1, 0.15) is 15.9 Å². The molecule has 0 aliphatic heterocycles. The molecular weight excluding hydrogens is 358 g/mol. The Morgan fingerprint density at radius 2 is 1.43 bits per heavy atom. The highest BCUT2D eigenvalue weighted by Crippen LogP contribution is 2.23. The third kappa shape index (κ3) is 5.11. The fourth-order valence-corrected chi connectivity index (χ4v) is 2.61. The lowest BCUT2D eigenvalue weighted by atomic mass is 10.1. The molecule has 28 heavy (non-hydrogen) atoms. The Hall–Kier alpha value is -3.80. The summed E-state index contributed by atoms with van der Waals surface area (Å²) < 4.78 is 5.67. The Kier molecular flexibility index (Phi) is 5.91. The maximum atomic E-state index is 12.2. The lowest BCUT2D eigenvalue weighted by Crippen LogP contribution is -2.42. The first-order valence-electron chi connectivity index (χ1n) is 8.66. The summed E-state index contributed by atoms with van der Waals surface area (Å²) in [4.78, 5) is 23.8. The SMILES string of the molecule is O=C(N[C@@H](Cc1ccc(Oc2ccc(O)cc2)cc1)C(=O)O)c1ccccc1. The number of hydrogen-bond donors (Lipinski definition) is 3. The van der Waals surface area contributed by atoms with Crippen molar-refractivity contribution in [1.82, 2.24) is 5.32 Å². The molecule has 0 aromatic heterocycles. The van der Waals surface area contributed by atoms with Crippen molar-refractivity contribution in [2.75, 3.05) is 0 Å². The van der Waals surface area contributed by atoms with E-state index < -0.39 is 17.9 Å². The van der Waals surface area contributed by atoms with Crippen LogP contribution in [0, 0.1) is 0 Å². The first-order valence-corrected chi connectivity index (χ1v) is 8.66. The highest BCUT2D eigenvalue weighted by molar-refractivity contribution is 5.96. The number of phenolic OH excluding ortho intramolecular Hbond substituents is 1. The molecule has 3 rings (SSSR count). The summed E-state index contributed by atoms with van der Waals surface area (Å²) in [6.45, 7) is 0. The number of hydrogen-bond acceptors (Lipinski definition) is 4. The van der Waals surface area contributed by atoms with Crippen molar-refractivity contribution in [3.8, 4) is 17.2 Å². The van der Waals surface area contributed by atoms with Gasteiger partial charge in [-0.25, -0.2) is 4.79 Å². The molecule has 0 spiro atoms. The fraction of sp³-hybridized carbons (Fsp3) is 0.0909. The van der Waals surface area contributed by atoms with Crippen LogP contribution in [-0.4, -0.2) is 28.1 Å². The van der Waals surface area contributed by atoms with Crippen LogP contribution in [0.2, 0.25) is 0 Å². The van der Waals surface area contributed by atoms with Gasteiger partial charge in [0.05, 0.1) is 0 Å². The molecule has 0 bridgehead atoms. The quantitative estimate of drug-likeness (QED) is 0.585. The largest absolute Gasteiger partial charge is 0.508 e. The average molecular weight is 377 g/mol. The highest BCUT2D eigenvalue weighted by atomic mass is 16.5. The van der Waals surface area contributed by atoms with Crippen LogP contribution >= 0.6 is 0 Å². The summed E-state index contributed by atoms with van der Waals surface area (Å²) in [6.07, 6.45) is 0.146. The van der Waals surface area contributed by atoms with Crippen molar-refractivity contribution >= 4 is 11.9 Å². The predicted octanol–water partition coefficient (Wildman–Crippen LogP) is 3.61. The second-order valence-corrected chi connectivity index (χ2v) is 6.17. The van der Waals surface area contributed by atoms with E-state index in [1.165, 1.54) is 12.1 Å². The van der Waals surface area contributed by atoms with Gasteiger partial charge in [0.1, 0.15) is 23.3 Å². The monoisotopic (exact) mass is 377 g/mol. The van der Waals surface area contributed by atoms with Gasteiger partial charge in [0.15, 0.2) is 0 Å². The summed E-state index contributed by atoms with van der Waals surface area (Å²) in [5, 5.41) is 21.3. The van der Waals surface area contributed by atoms with Crippen LogP contribution in [0.5, 0.6) is 17.2 Å². The first-order chi connectivity index (χ1) is 13.5. The molecule has 0 aliphatic carbocycles. The third-order valence-electron chi connectivity index (χ3n) is 4.08. The molecule has 6 heteroatoms. The highest BCUT2D eigenvalue weighted by Gasteiger charge is 2.21. The maximum Gasteiger partial charge on any atom is 0.326 e. The van der Waals surface area contributed by atoms with Crippen LogP contribution in [0.3, 0.4) is 0 Å². The smallest absolute Gasteiger partial charge is 0.326 e. The first kappa shape index (κ1) is 19.0. The molecule has 142 valence electrons. The second kappa shape index (κ2) is 8.73. The van der Waals surface area contributed by atoms with Gasteiger partial charge >= 0.3 is 5.97 Å².